The fourth-order valence-electron chi connectivity index (χ4n) is 2.03. The van der Waals surface area contributed by atoms with Crippen LogP contribution in [0.3, 0.4) is 0 Å². The van der Waals surface area contributed by atoms with Crippen LogP contribution in [0.1, 0.15) is 52.6 Å². The Morgan fingerprint density at radius 1 is 1.45 bits per heavy atom. The lowest BCUT2D eigenvalue weighted by atomic mass is 10.2. The monoisotopic (exact) mass is 319 g/mol. The van der Waals surface area contributed by atoms with Gasteiger partial charge in [-0.3, -0.25) is 9.59 Å². The molecule has 2 heterocycles. The van der Waals surface area contributed by atoms with E-state index in [0.717, 1.165) is 15.6 Å². The average molecular weight is 319 g/mol. The van der Waals surface area contributed by atoms with Crippen LogP contribution < -0.4 is 10.9 Å². The van der Waals surface area contributed by atoms with Crippen LogP contribution in [0.5, 0.6) is 0 Å². The van der Waals surface area contributed by atoms with Crippen molar-refractivity contribution < 1.29 is 4.79 Å². The minimum Gasteiger partial charge on any atom is -0.347 e. The second-order valence-corrected chi connectivity index (χ2v) is 6.55. The summed E-state index contributed by atoms with van der Waals surface area (Å²) in [6.45, 7) is 9.07. The van der Waals surface area contributed by atoms with Crippen molar-refractivity contribution in [1.29, 1.82) is 0 Å². The van der Waals surface area contributed by atoms with Crippen molar-refractivity contribution in [2.45, 2.75) is 46.7 Å². The maximum atomic E-state index is 12.1. The molecule has 6 heteroatoms. The van der Waals surface area contributed by atoms with Gasteiger partial charge in [0.15, 0.2) is 0 Å². The molecule has 2 aromatic rings. The molecule has 5 nitrogen and oxygen atoms in total. The molecule has 1 N–H and O–H groups in total. The van der Waals surface area contributed by atoms with Gasteiger partial charge in [-0.15, -0.1) is 11.3 Å². The Labute approximate surface area is 134 Å². The number of carbonyl (C=O) groups is 1. The van der Waals surface area contributed by atoms with E-state index >= 15 is 0 Å². The van der Waals surface area contributed by atoms with E-state index in [1.807, 2.05) is 13.8 Å². The Kier molecular flexibility index (Phi) is 5.13. The molecule has 2 aromatic heterocycles. The van der Waals surface area contributed by atoms with E-state index in [4.69, 9.17) is 0 Å². The van der Waals surface area contributed by atoms with E-state index in [9.17, 15) is 9.59 Å². The number of thiazole rings is 1. The van der Waals surface area contributed by atoms with Gasteiger partial charge in [-0.2, -0.15) is 0 Å². The summed E-state index contributed by atoms with van der Waals surface area (Å²) in [5, 5.41) is 3.93. The Morgan fingerprint density at radius 3 is 2.73 bits per heavy atom. The van der Waals surface area contributed by atoms with Crippen molar-refractivity contribution >= 4 is 17.2 Å². The molecule has 0 aliphatic rings. The normalized spacial score (nSPS) is 11.0. The number of rotatable bonds is 5. The first kappa shape index (κ1) is 16.4. The van der Waals surface area contributed by atoms with Crippen LogP contribution in [0.2, 0.25) is 0 Å². The smallest absolute Gasteiger partial charge is 0.251 e. The number of aromatic nitrogens is 2. The fourth-order valence-corrected chi connectivity index (χ4v) is 3.04. The zero-order valence-corrected chi connectivity index (χ0v) is 14.2. The number of aryl methyl sites for hydroxylation is 2. The summed E-state index contributed by atoms with van der Waals surface area (Å²) in [4.78, 5) is 29.5. The first-order valence-electron chi connectivity index (χ1n) is 7.37. The number of amides is 1. The van der Waals surface area contributed by atoms with Gasteiger partial charge in [-0.25, -0.2) is 4.98 Å². The van der Waals surface area contributed by atoms with Crippen LogP contribution in [0.15, 0.2) is 23.1 Å². The van der Waals surface area contributed by atoms with Crippen LogP contribution in [-0.4, -0.2) is 15.5 Å². The van der Waals surface area contributed by atoms with Crippen molar-refractivity contribution in [2.24, 2.45) is 0 Å². The van der Waals surface area contributed by atoms with Crippen molar-refractivity contribution in [1.82, 2.24) is 14.9 Å². The Bertz CT molecular complexity index is 731. The molecular weight excluding hydrogens is 298 g/mol. The number of nitrogens with one attached hydrogen (secondary N) is 1. The standard InChI is InChI=1S/C16H21N3O2S/c1-5-19-7-6-12(8-14(19)20)15(21)17-9-13-11(4)18-16(22-13)10(2)3/h6-8,10H,5,9H2,1-4H3,(H,17,21). The Morgan fingerprint density at radius 2 is 2.18 bits per heavy atom. The Balaban J connectivity index is 2.07. The summed E-state index contributed by atoms with van der Waals surface area (Å²) in [6, 6.07) is 3.04. The molecule has 0 aromatic carbocycles. The van der Waals surface area contributed by atoms with Crippen molar-refractivity contribution in [3.63, 3.8) is 0 Å². The number of hydrogen-bond donors (Lipinski definition) is 1. The highest BCUT2D eigenvalue weighted by Gasteiger charge is 2.12. The lowest BCUT2D eigenvalue weighted by molar-refractivity contribution is 0.0951. The highest BCUT2D eigenvalue weighted by atomic mass is 32.1. The minimum atomic E-state index is -0.237. The predicted octanol–water partition coefficient (Wildman–Crippen LogP) is 2.69. The highest BCUT2D eigenvalue weighted by molar-refractivity contribution is 7.11. The van der Waals surface area contributed by atoms with Gasteiger partial charge < -0.3 is 9.88 Å². The molecule has 0 saturated carbocycles. The molecule has 0 aliphatic carbocycles. The van der Waals surface area contributed by atoms with Gasteiger partial charge in [0.25, 0.3) is 11.5 Å². The summed E-state index contributed by atoms with van der Waals surface area (Å²) in [5.41, 5.74) is 1.18. The first-order valence-corrected chi connectivity index (χ1v) is 8.19. The topological polar surface area (TPSA) is 64.0 Å². The lowest BCUT2D eigenvalue weighted by Crippen LogP contribution is -2.26. The number of nitrogens with zero attached hydrogens (tertiary/aromatic N) is 2. The van der Waals surface area contributed by atoms with Crippen LogP contribution in [0, 0.1) is 6.92 Å². The minimum absolute atomic E-state index is 0.161. The molecule has 0 fully saturated rings. The van der Waals surface area contributed by atoms with Crippen LogP contribution in [-0.2, 0) is 13.1 Å². The van der Waals surface area contributed by atoms with Gasteiger partial charge >= 0.3 is 0 Å². The van der Waals surface area contributed by atoms with E-state index < -0.39 is 0 Å². The number of hydrogen-bond acceptors (Lipinski definition) is 4. The van der Waals surface area contributed by atoms with E-state index in [2.05, 4.69) is 24.1 Å². The van der Waals surface area contributed by atoms with Gasteiger partial charge in [0.05, 0.1) is 17.2 Å². The van der Waals surface area contributed by atoms with Gasteiger partial charge in [0.1, 0.15) is 0 Å². The van der Waals surface area contributed by atoms with Crippen molar-refractivity contribution in [3.8, 4) is 0 Å². The van der Waals surface area contributed by atoms with Crippen molar-refractivity contribution in [2.75, 3.05) is 0 Å². The highest BCUT2D eigenvalue weighted by Crippen LogP contribution is 2.24. The molecule has 22 heavy (non-hydrogen) atoms. The fraction of sp³-hybridized carbons (Fsp3) is 0.438. The molecule has 0 spiro atoms. The third-order valence-corrected chi connectivity index (χ3v) is 4.87. The molecule has 2 rings (SSSR count). The SMILES string of the molecule is CCn1ccc(C(=O)NCc2sc(C(C)C)nc2C)cc1=O. The molecule has 0 radical (unpaired) electrons. The quantitative estimate of drug-likeness (QED) is 0.921. The summed E-state index contributed by atoms with van der Waals surface area (Å²) in [7, 11) is 0. The van der Waals surface area contributed by atoms with Gasteiger partial charge in [-0.1, -0.05) is 13.8 Å². The lowest BCUT2D eigenvalue weighted by Gasteiger charge is -2.06. The molecule has 0 atom stereocenters. The molecule has 0 saturated heterocycles. The largest absolute Gasteiger partial charge is 0.347 e. The van der Waals surface area contributed by atoms with Gasteiger partial charge in [-0.05, 0) is 19.9 Å². The summed E-state index contributed by atoms with van der Waals surface area (Å²) < 4.78 is 1.55. The maximum Gasteiger partial charge on any atom is 0.251 e. The van der Waals surface area contributed by atoms with Crippen LogP contribution >= 0.6 is 11.3 Å². The third-order valence-electron chi connectivity index (χ3n) is 3.41. The summed E-state index contributed by atoms with van der Waals surface area (Å²) in [5.74, 6) is 0.147. The van der Waals surface area contributed by atoms with Crippen LogP contribution in [0.4, 0.5) is 0 Å². The van der Waals surface area contributed by atoms with E-state index in [1.165, 1.54) is 6.07 Å². The predicted molar refractivity (Wildman–Crippen MR) is 88.5 cm³/mol. The molecule has 118 valence electrons. The zero-order chi connectivity index (χ0) is 16.3. The second kappa shape index (κ2) is 6.87. The molecular formula is C16H21N3O2S. The Hall–Kier alpha value is -1.95. The summed E-state index contributed by atoms with van der Waals surface area (Å²) >= 11 is 1.62. The van der Waals surface area contributed by atoms with E-state index in [1.54, 1.807) is 28.2 Å². The first-order chi connectivity index (χ1) is 10.4. The maximum absolute atomic E-state index is 12.1. The van der Waals surface area contributed by atoms with Crippen molar-refractivity contribution in [3.05, 3.63) is 49.8 Å². The zero-order valence-electron chi connectivity index (χ0n) is 13.3. The second-order valence-electron chi connectivity index (χ2n) is 5.44. The number of carbonyl (C=O) groups excluding carboxylic acids is 1. The molecule has 1 amide bonds. The molecule has 0 bridgehead atoms. The van der Waals surface area contributed by atoms with Crippen LogP contribution in [0.25, 0.3) is 0 Å². The van der Waals surface area contributed by atoms with E-state index in [0.29, 0.717) is 24.6 Å². The average Bonchev–Trinajstić information content (AvgIpc) is 2.86. The third kappa shape index (κ3) is 3.62. The van der Waals surface area contributed by atoms with Gasteiger partial charge in [0.2, 0.25) is 0 Å². The molecule has 0 unspecified atom stereocenters. The summed E-state index contributed by atoms with van der Waals surface area (Å²) in [6.07, 6.45) is 1.64. The van der Waals surface area contributed by atoms with Gasteiger partial charge in [0, 0.05) is 35.2 Å². The van der Waals surface area contributed by atoms with E-state index in [-0.39, 0.29) is 11.5 Å². The molecule has 0 aliphatic heterocycles. The number of pyridine rings is 1.